The number of anilines is 3. The lowest BCUT2D eigenvalue weighted by atomic mass is 10.2. The molecule has 4 N–H and O–H groups in total. The SMILES string of the molecule is Cc1ccc(NC(=O)Nc2cccc(Cl)c2C)cc1N. The Morgan fingerprint density at radius 3 is 2.60 bits per heavy atom. The van der Waals surface area contributed by atoms with Crippen LogP contribution in [0.5, 0.6) is 0 Å². The van der Waals surface area contributed by atoms with Gasteiger partial charge in [0.2, 0.25) is 0 Å². The largest absolute Gasteiger partial charge is 0.398 e. The summed E-state index contributed by atoms with van der Waals surface area (Å²) in [5.41, 5.74) is 9.56. The first-order valence-corrected chi connectivity index (χ1v) is 6.54. The minimum absolute atomic E-state index is 0.335. The van der Waals surface area contributed by atoms with Gasteiger partial charge in [0.1, 0.15) is 0 Å². The summed E-state index contributed by atoms with van der Waals surface area (Å²) in [4.78, 5) is 11.9. The summed E-state index contributed by atoms with van der Waals surface area (Å²) in [6, 6.07) is 10.4. The second-order valence-electron chi connectivity index (χ2n) is 4.56. The topological polar surface area (TPSA) is 67.2 Å². The van der Waals surface area contributed by atoms with Gasteiger partial charge in [0.05, 0.1) is 0 Å². The van der Waals surface area contributed by atoms with Gasteiger partial charge >= 0.3 is 6.03 Å². The number of aryl methyl sites for hydroxylation is 1. The van der Waals surface area contributed by atoms with E-state index in [9.17, 15) is 4.79 Å². The molecule has 5 heteroatoms. The van der Waals surface area contributed by atoms with Crippen molar-refractivity contribution in [3.05, 3.63) is 52.5 Å². The van der Waals surface area contributed by atoms with Gasteiger partial charge < -0.3 is 16.4 Å². The molecule has 0 atom stereocenters. The van der Waals surface area contributed by atoms with Gasteiger partial charge in [-0.2, -0.15) is 0 Å². The van der Waals surface area contributed by atoms with Crippen LogP contribution in [0.2, 0.25) is 5.02 Å². The van der Waals surface area contributed by atoms with Gasteiger partial charge in [-0.05, 0) is 49.2 Å². The predicted octanol–water partition coefficient (Wildman–Crippen LogP) is 4.18. The van der Waals surface area contributed by atoms with Crippen LogP contribution >= 0.6 is 11.6 Å². The number of amides is 2. The molecule has 0 bridgehead atoms. The van der Waals surface area contributed by atoms with Gasteiger partial charge in [0, 0.05) is 22.1 Å². The van der Waals surface area contributed by atoms with Crippen molar-refractivity contribution in [1.82, 2.24) is 0 Å². The third kappa shape index (κ3) is 3.22. The third-order valence-corrected chi connectivity index (χ3v) is 3.46. The van der Waals surface area contributed by atoms with Crippen molar-refractivity contribution in [2.45, 2.75) is 13.8 Å². The number of halogens is 1. The van der Waals surface area contributed by atoms with Crippen LogP contribution in [-0.4, -0.2) is 6.03 Å². The molecular weight excluding hydrogens is 274 g/mol. The highest BCUT2D eigenvalue weighted by molar-refractivity contribution is 6.31. The number of carbonyl (C=O) groups is 1. The maximum Gasteiger partial charge on any atom is 0.323 e. The number of urea groups is 1. The van der Waals surface area contributed by atoms with Crippen LogP contribution in [0.15, 0.2) is 36.4 Å². The Kier molecular flexibility index (Phi) is 4.15. The first-order valence-electron chi connectivity index (χ1n) is 6.16. The summed E-state index contributed by atoms with van der Waals surface area (Å²) in [5, 5.41) is 6.10. The number of rotatable bonds is 2. The van der Waals surface area contributed by atoms with Crippen LogP contribution in [0.25, 0.3) is 0 Å². The molecule has 2 aromatic carbocycles. The Labute approximate surface area is 122 Å². The molecule has 0 aromatic heterocycles. The second-order valence-corrected chi connectivity index (χ2v) is 4.97. The smallest absolute Gasteiger partial charge is 0.323 e. The molecule has 0 aliphatic rings. The van der Waals surface area contributed by atoms with Gasteiger partial charge in [0.15, 0.2) is 0 Å². The van der Waals surface area contributed by atoms with Crippen molar-refractivity contribution in [3.63, 3.8) is 0 Å². The van der Waals surface area contributed by atoms with E-state index in [4.69, 9.17) is 17.3 Å². The number of nitrogen functional groups attached to an aromatic ring is 1. The van der Waals surface area contributed by atoms with E-state index in [-0.39, 0.29) is 6.03 Å². The van der Waals surface area contributed by atoms with Crippen LogP contribution < -0.4 is 16.4 Å². The molecular formula is C15H16ClN3O. The highest BCUT2D eigenvalue weighted by atomic mass is 35.5. The zero-order valence-corrected chi connectivity index (χ0v) is 12.1. The van der Waals surface area contributed by atoms with Crippen LogP contribution in [-0.2, 0) is 0 Å². The zero-order chi connectivity index (χ0) is 14.7. The normalized spacial score (nSPS) is 10.2. The van der Waals surface area contributed by atoms with E-state index >= 15 is 0 Å². The van der Waals surface area contributed by atoms with E-state index in [0.29, 0.717) is 22.1 Å². The Balaban J connectivity index is 2.09. The molecule has 2 aromatic rings. The Morgan fingerprint density at radius 2 is 1.90 bits per heavy atom. The summed E-state index contributed by atoms with van der Waals surface area (Å²) in [7, 11) is 0. The van der Waals surface area contributed by atoms with Crippen molar-refractivity contribution < 1.29 is 4.79 Å². The fraction of sp³-hybridized carbons (Fsp3) is 0.133. The van der Waals surface area contributed by atoms with Crippen molar-refractivity contribution in [2.75, 3.05) is 16.4 Å². The predicted molar refractivity (Wildman–Crippen MR) is 84.4 cm³/mol. The molecule has 0 unspecified atom stereocenters. The molecule has 2 rings (SSSR count). The maximum absolute atomic E-state index is 11.9. The molecule has 0 spiro atoms. The Morgan fingerprint density at radius 1 is 1.15 bits per heavy atom. The third-order valence-electron chi connectivity index (χ3n) is 3.05. The molecule has 0 aliphatic heterocycles. The lowest BCUT2D eigenvalue weighted by molar-refractivity contribution is 0.262. The minimum atomic E-state index is -0.335. The van der Waals surface area contributed by atoms with E-state index < -0.39 is 0 Å². The second kappa shape index (κ2) is 5.84. The number of benzene rings is 2. The summed E-state index contributed by atoms with van der Waals surface area (Å²) in [5.74, 6) is 0. The monoisotopic (exact) mass is 289 g/mol. The van der Waals surface area contributed by atoms with Gasteiger partial charge in [-0.15, -0.1) is 0 Å². The first-order chi connectivity index (χ1) is 9.47. The van der Waals surface area contributed by atoms with Crippen LogP contribution in [0, 0.1) is 13.8 Å². The van der Waals surface area contributed by atoms with Crippen LogP contribution in [0.4, 0.5) is 21.9 Å². The van der Waals surface area contributed by atoms with E-state index in [1.165, 1.54) is 0 Å². The molecule has 0 aliphatic carbocycles. The number of nitrogens with two attached hydrogens (primary N) is 1. The number of hydrogen-bond acceptors (Lipinski definition) is 2. The average Bonchev–Trinajstić information content (AvgIpc) is 2.39. The Bertz CT molecular complexity index is 656. The zero-order valence-electron chi connectivity index (χ0n) is 11.3. The molecule has 20 heavy (non-hydrogen) atoms. The van der Waals surface area contributed by atoms with E-state index in [1.54, 1.807) is 30.3 Å². The van der Waals surface area contributed by atoms with Gasteiger partial charge in [-0.25, -0.2) is 4.79 Å². The van der Waals surface area contributed by atoms with Crippen molar-refractivity contribution in [3.8, 4) is 0 Å². The van der Waals surface area contributed by atoms with E-state index in [0.717, 1.165) is 11.1 Å². The maximum atomic E-state index is 11.9. The first kappa shape index (κ1) is 14.2. The van der Waals surface area contributed by atoms with E-state index in [1.807, 2.05) is 19.9 Å². The number of carbonyl (C=O) groups excluding carboxylic acids is 1. The van der Waals surface area contributed by atoms with Crippen LogP contribution in [0.1, 0.15) is 11.1 Å². The molecule has 0 saturated carbocycles. The lowest BCUT2D eigenvalue weighted by Gasteiger charge is -2.11. The van der Waals surface area contributed by atoms with Gasteiger partial charge in [-0.1, -0.05) is 23.7 Å². The van der Waals surface area contributed by atoms with Gasteiger partial charge in [-0.3, -0.25) is 0 Å². The molecule has 0 radical (unpaired) electrons. The summed E-state index contributed by atoms with van der Waals surface area (Å²) >= 11 is 6.01. The van der Waals surface area contributed by atoms with E-state index in [2.05, 4.69) is 10.6 Å². The highest BCUT2D eigenvalue weighted by Crippen LogP contribution is 2.23. The van der Waals surface area contributed by atoms with Crippen molar-refractivity contribution in [2.24, 2.45) is 0 Å². The highest BCUT2D eigenvalue weighted by Gasteiger charge is 2.07. The molecule has 0 fully saturated rings. The number of hydrogen-bond donors (Lipinski definition) is 3. The number of nitrogens with one attached hydrogen (secondary N) is 2. The average molecular weight is 290 g/mol. The molecule has 0 saturated heterocycles. The van der Waals surface area contributed by atoms with Crippen molar-refractivity contribution >= 4 is 34.7 Å². The molecule has 4 nitrogen and oxygen atoms in total. The fourth-order valence-corrected chi connectivity index (χ4v) is 1.92. The molecule has 104 valence electrons. The summed E-state index contributed by atoms with van der Waals surface area (Å²) in [6.07, 6.45) is 0. The molecule has 0 heterocycles. The van der Waals surface area contributed by atoms with Crippen molar-refractivity contribution in [1.29, 1.82) is 0 Å². The standard InChI is InChI=1S/C15H16ClN3O/c1-9-6-7-11(8-13(9)17)18-15(20)19-14-5-3-4-12(16)10(14)2/h3-8H,17H2,1-2H3,(H2,18,19,20). The van der Waals surface area contributed by atoms with Crippen LogP contribution in [0.3, 0.4) is 0 Å². The lowest BCUT2D eigenvalue weighted by Crippen LogP contribution is -2.20. The van der Waals surface area contributed by atoms with Gasteiger partial charge in [0.25, 0.3) is 0 Å². The Hall–Kier alpha value is -2.20. The summed E-state index contributed by atoms with van der Waals surface area (Å²) in [6.45, 7) is 3.76. The minimum Gasteiger partial charge on any atom is -0.398 e. The fourth-order valence-electron chi connectivity index (χ4n) is 1.75. The quantitative estimate of drug-likeness (QED) is 0.726. The summed E-state index contributed by atoms with van der Waals surface area (Å²) < 4.78 is 0. The molecule has 2 amide bonds.